The lowest BCUT2D eigenvalue weighted by molar-refractivity contribution is -0.0203. The Morgan fingerprint density at radius 2 is 2.10 bits per heavy atom. The van der Waals surface area contributed by atoms with Crippen LogP contribution in [0.5, 0.6) is 0 Å². The monoisotopic (exact) mass is 309 g/mol. The van der Waals surface area contributed by atoms with E-state index < -0.39 is 0 Å². The van der Waals surface area contributed by atoms with Crippen LogP contribution in [0.25, 0.3) is 11.5 Å². The second kappa shape index (κ2) is 6.03. The van der Waals surface area contributed by atoms with Crippen molar-refractivity contribution in [3.05, 3.63) is 29.0 Å². The highest BCUT2D eigenvalue weighted by Gasteiger charge is 2.31. The number of halogens is 1. The van der Waals surface area contributed by atoms with Crippen LogP contribution in [-0.4, -0.2) is 16.7 Å². The van der Waals surface area contributed by atoms with Crippen LogP contribution in [-0.2, 0) is 4.74 Å². The third kappa shape index (κ3) is 3.54. The number of nitrogen functional groups attached to an aromatic ring is 1. The maximum absolute atomic E-state index is 5.94. The quantitative estimate of drug-likeness (QED) is 0.861. The Balaban J connectivity index is 2.36. The van der Waals surface area contributed by atoms with Crippen LogP contribution in [0.3, 0.4) is 0 Å². The van der Waals surface area contributed by atoms with Gasteiger partial charge < -0.3 is 15.0 Å². The Morgan fingerprint density at radius 1 is 1.38 bits per heavy atom. The summed E-state index contributed by atoms with van der Waals surface area (Å²) < 4.78 is 11.1. The molecule has 2 N–H and O–H groups in total. The van der Waals surface area contributed by atoms with E-state index in [4.69, 9.17) is 26.6 Å². The molecular weight excluding hydrogens is 290 g/mol. The smallest absolute Gasteiger partial charge is 0.260 e. The van der Waals surface area contributed by atoms with E-state index in [-0.39, 0.29) is 11.5 Å². The van der Waals surface area contributed by atoms with Gasteiger partial charge >= 0.3 is 0 Å². The molecule has 0 aliphatic rings. The van der Waals surface area contributed by atoms with Gasteiger partial charge in [-0.1, -0.05) is 37.5 Å². The minimum atomic E-state index is -0.242. The molecule has 0 radical (unpaired) electrons. The number of rotatable bonds is 4. The molecule has 2 aromatic rings. The molecule has 5 nitrogen and oxygen atoms in total. The fourth-order valence-corrected chi connectivity index (χ4v) is 2.24. The minimum absolute atomic E-state index is 0.136. The Bertz CT molecular complexity index is 620. The average Bonchev–Trinajstić information content (AvgIpc) is 2.83. The van der Waals surface area contributed by atoms with Gasteiger partial charge in [-0.2, -0.15) is 4.98 Å². The molecule has 1 atom stereocenters. The van der Waals surface area contributed by atoms with Gasteiger partial charge in [0.15, 0.2) is 0 Å². The van der Waals surface area contributed by atoms with Crippen molar-refractivity contribution in [2.24, 2.45) is 5.41 Å². The summed E-state index contributed by atoms with van der Waals surface area (Å²) in [6.45, 7) is 8.73. The maximum atomic E-state index is 5.94. The first-order chi connectivity index (χ1) is 9.82. The maximum Gasteiger partial charge on any atom is 0.260 e. The van der Waals surface area contributed by atoms with E-state index in [0.717, 1.165) is 0 Å². The lowest BCUT2D eigenvalue weighted by Crippen LogP contribution is -2.22. The summed E-state index contributed by atoms with van der Waals surface area (Å²) >= 11 is 5.89. The number of benzene rings is 1. The van der Waals surface area contributed by atoms with Crippen LogP contribution in [0, 0.1) is 5.41 Å². The van der Waals surface area contributed by atoms with E-state index in [0.29, 0.717) is 34.6 Å². The van der Waals surface area contributed by atoms with Gasteiger partial charge in [-0.05, 0) is 30.5 Å². The number of nitrogens with zero attached hydrogens (tertiary/aromatic N) is 2. The first kappa shape index (κ1) is 15.8. The van der Waals surface area contributed by atoms with Gasteiger partial charge in [0.1, 0.15) is 6.10 Å². The van der Waals surface area contributed by atoms with Crippen LogP contribution in [0.1, 0.15) is 39.6 Å². The molecule has 1 aromatic heterocycles. The molecule has 1 unspecified atom stereocenters. The molecule has 2 rings (SSSR count). The van der Waals surface area contributed by atoms with E-state index in [9.17, 15) is 0 Å². The van der Waals surface area contributed by atoms with Gasteiger partial charge in [0.2, 0.25) is 5.82 Å². The summed E-state index contributed by atoms with van der Waals surface area (Å²) in [6, 6.07) is 5.16. The molecular formula is C15H20ClN3O2. The lowest BCUT2D eigenvalue weighted by atomic mass is 9.88. The van der Waals surface area contributed by atoms with Crippen LogP contribution in [0.2, 0.25) is 5.02 Å². The van der Waals surface area contributed by atoms with E-state index in [1.54, 1.807) is 18.2 Å². The molecule has 0 saturated heterocycles. The Morgan fingerprint density at radius 3 is 2.67 bits per heavy atom. The molecule has 21 heavy (non-hydrogen) atoms. The van der Waals surface area contributed by atoms with E-state index in [1.807, 2.05) is 6.92 Å². The first-order valence-corrected chi connectivity index (χ1v) is 7.21. The zero-order valence-electron chi connectivity index (χ0n) is 12.7. The van der Waals surface area contributed by atoms with Gasteiger partial charge in [0.25, 0.3) is 5.89 Å². The Labute approximate surface area is 129 Å². The van der Waals surface area contributed by atoms with Crippen molar-refractivity contribution < 1.29 is 9.26 Å². The topological polar surface area (TPSA) is 74.2 Å². The van der Waals surface area contributed by atoms with Gasteiger partial charge in [0, 0.05) is 17.3 Å². The molecule has 0 bridgehead atoms. The van der Waals surface area contributed by atoms with Gasteiger partial charge in [-0.25, -0.2) is 0 Å². The predicted molar refractivity (Wildman–Crippen MR) is 83.0 cm³/mol. The van der Waals surface area contributed by atoms with Gasteiger partial charge in [-0.15, -0.1) is 0 Å². The summed E-state index contributed by atoms with van der Waals surface area (Å²) in [4.78, 5) is 4.43. The SMILES string of the molecule is CCOC(c1noc(-c2ccc(Cl)cc2N)n1)C(C)(C)C. The number of hydrogen-bond donors (Lipinski definition) is 1. The van der Waals surface area contributed by atoms with Crippen LogP contribution in [0.4, 0.5) is 5.69 Å². The average molecular weight is 310 g/mol. The predicted octanol–water partition coefficient (Wildman–Crippen LogP) is 4.10. The summed E-state index contributed by atoms with van der Waals surface area (Å²) in [7, 11) is 0. The largest absolute Gasteiger partial charge is 0.398 e. The third-order valence-electron chi connectivity index (χ3n) is 3.04. The van der Waals surface area contributed by atoms with Crippen molar-refractivity contribution in [1.29, 1.82) is 0 Å². The highest BCUT2D eigenvalue weighted by Crippen LogP contribution is 2.36. The number of anilines is 1. The molecule has 1 heterocycles. The molecule has 0 aliphatic heterocycles. The highest BCUT2D eigenvalue weighted by molar-refractivity contribution is 6.31. The fourth-order valence-electron chi connectivity index (χ4n) is 2.06. The second-order valence-corrected chi connectivity index (χ2v) is 6.33. The van der Waals surface area contributed by atoms with Gasteiger partial charge in [-0.3, -0.25) is 0 Å². The van der Waals surface area contributed by atoms with Crippen LogP contribution >= 0.6 is 11.6 Å². The Hall–Kier alpha value is -1.59. The van der Waals surface area contributed by atoms with E-state index in [1.165, 1.54) is 0 Å². The van der Waals surface area contributed by atoms with Crippen molar-refractivity contribution >= 4 is 17.3 Å². The molecule has 1 aromatic carbocycles. The lowest BCUT2D eigenvalue weighted by Gasteiger charge is -2.27. The molecule has 0 spiro atoms. The molecule has 114 valence electrons. The molecule has 0 amide bonds. The normalized spacial score (nSPS) is 13.4. The zero-order valence-corrected chi connectivity index (χ0v) is 13.4. The summed E-state index contributed by atoms with van der Waals surface area (Å²) in [5, 5.41) is 4.61. The molecule has 0 aliphatic carbocycles. The number of nitrogens with two attached hydrogens (primary N) is 1. The van der Waals surface area contributed by atoms with Crippen molar-refractivity contribution in [3.63, 3.8) is 0 Å². The van der Waals surface area contributed by atoms with E-state index in [2.05, 4.69) is 30.9 Å². The number of hydrogen-bond acceptors (Lipinski definition) is 5. The summed E-state index contributed by atoms with van der Waals surface area (Å²) in [5.74, 6) is 0.891. The second-order valence-electron chi connectivity index (χ2n) is 5.89. The van der Waals surface area contributed by atoms with Gasteiger partial charge in [0.05, 0.1) is 5.56 Å². The Kier molecular flexibility index (Phi) is 4.54. The zero-order chi connectivity index (χ0) is 15.6. The van der Waals surface area contributed by atoms with Crippen LogP contribution < -0.4 is 5.73 Å². The summed E-state index contributed by atoms with van der Waals surface area (Å²) in [5.41, 5.74) is 6.97. The standard InChI is InChI=1S/C15H20ClN3O2/c1-5-20-12(15(2,3)4)13-18-14(21-19-13)10-7-6-9(16)8-11(10)17/h6-8,12H,5,17H2,1-4H3. The number of aromatic nitrogens is 2. The molecule has 0 saturated carbocycles. The van der Waals surface area contributed by atoms with Crippen molar-refractivity contribution in [1.82, 2.24) is 10.1 Å². The van der Waals surface area contributed by atoms with Crippen molar-refractivity contribution in [3.8, 4) is 11.5 Å². The van der Waals surface area contributed by atoms with Crippen LogP contribution in [0.15, 0.2) is 22.7 Å². The third-order valence-corrected chi connectivity index (χ3v) is 3.28. The minimum Gasteiger partial charge on any atom is -0.398 e. The number of ether oxygens (including phenoxy) is 1. The van der Waals surface area contributed by atoms with E-state index >= 15 is 0 Å². The fraction of sp³-hybridized carbons (Fsp3) is 0.467. The summed E-state index contributed by atoms with van der Waals surface area (Å²) in [6.07, 6.45) is -0.242. The van der Waals surface area contributed by atoms with Crippen molar-refractivity contribution in [2.45, 2.75) is 33.8 Å². The molecule has 0 fully saturated rings. The molecule has 6 heteroatoms. The first-order valence-electron chi connectivity index (χ1n) is 6.83. The van der Waals surface area contributed by atoms with Crippen molar-refractivity contribution in [2.75, 3.05) is 12.3 Å². The highest BCUT2D eigenvalue weighted by atomic mass is 35.5.